The molecule has 0 aliphatic rings. The van der Waals surface area contributed by atoms with Gasteiger partial charge in [-0.1, -0.05) is 41.9 Å². The van der Waals surface area contributed by atoms with Gasteiger partial charge in [-0.3, -0.25) is 4.79 Å². The van der Waals surface area contributed by atoms with Gasteiger partial charge in [-0.05, 0) is 48.0 Å². The molecule has 4 rings (SSSR count). The van der Waals surface area contributed by atoms with Crippen molar-refractivity contribution in [2.24, 2.45) is 0 Å². The minimum Gasteiger partial charge on any atom is -0.493 e. The van der Waals surface area contributed by atoms with Crippen LogP contribution in [0.15, 0.2) is 77.2 Å². The number of rotatable bonds is 7. The molecular weight excluding hydrogens is 430 g/mol. The number of hydrogen-bond donors (Lipinski definition) is 1. The molecule has 0 aliphatic carbocycles. The second kappa shape index (κ2) is 9.53. The van der Waals surface area contributed by atoms with Crippen LogP contribution in [0, 0.1) is 0 Å². The molecule has 0 aliphatic heterocycles. The maximum atomic E-state index is 13.1. The average molecular weight is 450 g/mol. The van der Waals surface area contributed by atoms with Crippen molar-refractivity contribution in [1.29, 1.82) is 0 Å². The molecule has 0 bridgehead atoms. The van der Waals surface area contributed by atoms with Crippen LogP contribution >= 0.6 is 11.6 Å². The number of nitrogens with zero attached hydrogens (tertiary/aromatic N) is 2. The van der Waals surface area contributed by atoms with Crippen molar-refractivity contribution in [2.75, 3.05) is 14.2 Å². The molecule has 1 aromatic heterocycles. The summed E-state index contributed by atoms with van der Waals surface area (Å²) >= 11 is 5.96. The highest BCUT2D eigenvalue weighted by molar-refractivity contribution is 6.30. The van der Waals surface area contributed by atoms with Crippen molar-refractivity contribution in [1.82, 2.24) is 15.5 Å². The van der Waals surface area contributed by atoms with Gasteiger partial charge in [-0.15, -0.1) is 10.2 Å². The Morgan fingerprint density at radius 3 is 2.34 bits per heavy atom. The van der Waals surface area contributed by atoms with Gasteiger partial charge in [0.15, 0.2) is 11.5 Å². The standard InChI is InChI=1S/C24H20ClN3O4/c1-30-19-13-10-17(14-20(19)31-2)22(29)26-21(15-6-4-3-5-7-15)24-28-27-23(32-24)16-8-11-18(25)12-9-16/h3-14,21H,1-2H3,(H,26,29). The lowest BCUT2D eigenvalue weighted by molar-refractivity contribution is 0.0937. The maximum Gasteiger partial charge on any atom is 0.252 e. The number of hydrogen-bond acceptors (Lipinski definition) is 6. The SMILES string of the molecule is COc1ccc(C(=O)NC(c2ccccc2)c2nnc(-c3ccc(Cl)cc3)o2)cc1OC. The molecular formula is C24H20ClN3O4. The van der Waals surface area contributed by atoms with Crippen LogP contribution in [0.4, 0.5) is 0 Å². The van der Waals surface area contributed by atoms with Crippen LogP contribution in [0.2, 0.25) is 5.02 Å². The van der Waals surface area contributed by atoms with Crippen molar-refractivity contribution in [3.8, 4) is 23.0 Å². The normalized spacial score (nSPS) is 11.6. The monoisotopic (exact) mass is 449 g/mol. The quantitative estimate of drug-likeness (QED) is 0.430. The zero-order valence-electron chi connectivity index (χ0n) is 17.4. The molecule has 1 amide bonds. The van der Waals surface area contributed by atoms with E-state index in [4.69, 9.17) is 25.5 Å². The number of nitrogens with one attached hydrogen (secondary N) is 1. The molecule has 0 radical (unpaired) electrons. The Morgan fingerprint density at radius 1 is 0.938 bits per heavy atom. The smallest absolute Gasteiger partial charge is 0.252 e. The Morgan fingerprint density at radius 2 is 1.66 bits per heavy atom. The lowest BCUT2D eigenvalue weighted by Gasteiger charge is -2.16. The van der Waals surface area contributed by atoms with E-state index < -0.39 is 6.04 Å². The third kappa shape index (κ3) is 4.58. The fourth-order valence-corrected chi connectivity index (χ4v) is 3.31. The summed E-state index contributed by atoms with van der Waals surface area (Å²) in [6, 6.07) is 20.8. The van der Waals surface area contributed by atoms with Crippen molar-refractivity contribution >= 4 is 17.5 Å². The average Bonchev–Trinajstić information content (AvgIpc) is 3.32. The third-order valence-electron chi connectivity index (χ3n) is 4.83. The summed E-state index contributed by atoms with van der Waals surface area (Å²) in [5.41, 5.74) is 1.93. The van der Waals surface area contributed by atoms with Gasteiger partial charge in [0.2, 0.25) is 11.8 Å². The van der Waals surface area contributed by atoms with Gasteiger partial charge in [0, 0.05) is 16.1 Å². The van der Waals surface area contributed by atoms with Crippen LogP contribution in [-0.4, -0.2) is 30.3 Å². The van der Waals surface area contributed by atoms with Gasteiger partial charge in [-0.2, -0.15) is 0 Å². The summed E-state index contributed by atoms with van der Waals surface area (Å²) in [5, 5.41) is 11.9. The number of carbonyl (C=O) groups is 1. The number of benzene rings is 3. The summed E-state index contributed by atoms with van der Waals surface area (Å²) in [6.45, 7) is 0. The minimum atomic E-state index is -0.648. The van der Waals surface area contributed by atoms with E-state index in [-0.39, 0.29) is 11.8 Å². The molecule has 0 spiro atoms. The predicted molar refractivity (Wildman–Crippen MR) is 120 cm³/mol. The summed E-state index contributed by atoms with van der Waals surface area (Å²) in [4.78, 5) is 13.1. The lowest BCUT2D eigenvalue weighted by Crippen LogP contribution is -2.29. The van der Waals surface area contributed by atoms with Crippen LogP contribution in [0.3, 0.4) is 0 Å². The number of carbonyl (C=O) groups excluding carboxylic acids is 1. The molecule has 7 nitrogen and oxygen atoms in total. The van der Waals surface area contributed by atoms with Gasteiger partial charge < -0.3 is 19.2 Å². The van der Waals surface area contributed by atoms with Crippen molar-refractivity contribution < 1.29 is 18.7 Å². The van der Waals surface area contributed by atoms with Gasteiger partial charge in [0.05, 0.1) is 14.2 Å². The molecule has 0 saturated heterocycles. The Labute approximate surface area is 190 Å². The first-order valence-electron chi connectivity index (χ1n) is 9.76. The highest BCUT2D eigenvalue weighted by Crippen LogP contribution is 2.29. The third-order valence-corrected chi connectivity index (χ3v) is 5.08. The van der Waals surface area contributed by atoms with Crippen molar-refractivity contribution in [2.45, 2.75) is 6.04 Å². The Kier molecular flexibility index (Phi) is 6.37. The summed E-state index contributed by atoms with van der Waals surface area (Å²) in [5.74, 6) is 1.26. The Balaban J connectivity index is 1.65. The number of aromatic nitrogens is 2. The van der Waals surface area contributed by atoms with Crippen LogP contribution in [0.1, 0.15) is 27.9 Å². The minimum absolute atomic E-state index is 0.259. The van der Waals surface area contributed by atoms with Crippen LogP contribution in [-0.2, 0) is 0 Å². The molecule has 162 valence electrons. The van der Waals surface area contributed by atoms with Crippen LogP contribution in [0.5, 0.6) is 11.5 Å². The second-order valence-electron chi connectivity index (χ2n) is 6.84. The van der Waals surface area contributed by atoms with E-state index in [9.17, 15) is 4.79 Å². The van der Waals surface area contributed by atoms with Gasteiger partial charge in [0.1, 0.15) is 6.04 Å². The van der Waals surface area contributed by atoms with Crippen molar-refractivity contribution in [3.05, 3.63) is 94.8 Å². The zero-order valence-corrected chi connectivity index (χ0v) is 18.2. The predicted octanol–water partition coefficient (Wildman–Crippen LogP) is 4.93. The fraction of sp³-hybridized carbons (Fsp3) is 0.125. The molecule has 1 atom stereocenters. The molecule has 1 heterocycles. The van der Waals surface area contributed by atoms with Gasteiger partial charge >= 0.3 is 0 Å². The van der Waals surface area contributed by atoms with E-state index in [0.29, 0.717) is 28.0 Å². The number of methoxy groups -OCH3 is 2. The first-order valence-corrected chi connectivity index (χ1v) is 10.1. The molecule has 4 aromatic rings. The van der Waals surface area contributed by atoms with E-state index in [1.54, 1.807) is 42.5 Å². The number of amides is 1. The molecule has 3 aromatic carbocycles. The first kappa shape index (κ1) is 21.4. The van der Waals surface area contributed by atoms with E-state index >= 15 is 0 Å². The summed E-state index contributed by atoms with van der Waals surface area (Å²) in [7, 11) is 3.06. The van der Waals surface area contributed by atoms with Crippen LogP contribution in [0.25, 0.3) is 11.5 Å². The lowest BCUT2D eigenvalue weighted by atomic mass is 10.1. The van der Waals surface area contributed by atoms with Gasteiger partial charge in [0.25, 0.3) is 5.91 Å². The highest BCUT2D eigenvalue weighted by Gasteiger charge is 2.24. The highest BCUT2D eigenvalue weighted by atomic mass is 35.5. The Bertz CT molecular complexity index is 1210. The van der Waals surface area contributed by atoms with E-state index in [1.165, 1.54) is 14.2 Å². The second-order valence-corrected chi connectivity index (χ2v) is 7.28. The zero-order chi connectivity index (χ0) is 22.5. The van der Waals surface area contributed by atoms with Crippen molar-refractivity contribution in [3.63, 3.8) is 0 Å². The molecule has 1 unspecified atom stereocenters. The fourth-order valence-electron chi connectivity index (χ4n) is 3.19. The first-order chi connectivity index (χ1) is 15.6. The maximum absolute atomic E-state index is 13.1. The molecule has 0 saturated carbocycles. The summed E-state index contributed by atoms with van der Waals surface area (Å²) < 4.78 is 16.5. The largest absolute Gasteiger partial charge is 0.493 e. The molecule has 32 heavy (non-hydrogen) atoms. The number of halogens is 1. The van der Waals surface area contributed by atoms with E-state index in [0.717, 1.165) is 11.1 Å². The van der Waals surface area contributed by atoms with E-state index in [2.05, 4.69) is 15.5 Å². The van der Waals surface area contributed by atoms with Gasteiger partial charge in [-0.25, -0.2) is 0 Å². The Hall–Kier alpha value is -3.84. The number of ether oxygens (including phenoxy) is 2. The molecule has 8 heteroatoms. The molecule has 0 fully saturated rings. The molecule has 1 N–H and O–H groups in total. The van der Waals surface area contributed by atoms with Crippen LogP contribution < -0.4 is 14.8 Å². The topological polar surface area (TPSA) is 86.5 Å². The summed E-state index contributed by atoms with van der Waals surface area (Å²) in [6.07, 6.45) is 0. The van der Waals surface area contributed by atoms with E-state index in [1.807, 2.05) is 30.3 Å².